The zero-order valence-corrected chi connectivity index (χ0v) is 19.0. The van der Waals surface area contributed by atoms with Gasteiger partial charge in [-0.15, -0.1) is 11.3 Å². The van der Waals surface area contributed by atoms with Crippen molar-refractivity contribution in [3.05, 3.63) is 47.6 Å². The molecule has 1 amide bonds. The predicted octanol–water partition coefficient (Wildman–Crippen LogP) is 3.35. The van der Waals surface area contributed by atoms with E-state index in [0.717, 1.165) is 31.6 Å². The maximum atomic E-state index is 13.0. The van der Waals surface area contributed by atoms with Crippen molar-refractivity contribution in [1.82, 2.24) is 14.5 Å². The summed E-state index contributed by atoms with van der Waals surface area (Å²) in [6.45, 7) is 3.45. The topological polar surface area (TPSA) is 93.5 Å². The fourth-order valence-corrected chi connectivity index (χ4v) is 5.42. The molecule has 0 radical (unpaired) electrons. The Bertz CT molecular complexity index is 1180. The summed E-state index contributed by atoms with van der Waals surface area (Å²) in [7, 11) is -2.30. The molecular formula is C21H24N4O4S2. The number of ether oxygens (including phenoxy) is 1. The van der Waals surface area contributed by atoms with Crippen LogP contribution >= 0.6 is 11.3 Å². The molecule has 4 rings (SSSR count). The third-order valence-corrected chi connectivity index (χ3v) is 7.46. The molecule has 1 N–H and O–H groups in total. The minimum atomic E-state index is -3.85. The van der Waals surface area contributed by atoms with Crippen LogP contribution in [0.2, 0.25) is 0 Å². The molecule has 2 aromatic heterocycles. The van der Waals surface area contributed by atoms with Crippen molar-refractivity contribution in [3.63, 3.8) is 0 Å². The van der Waals surface area contributed by atoms with Crippen molar-refractivity contribution in [3.8, 4) is 16.5 Å². The van der Waals surface area contributed by atoms with E-state index in [2.05, 4.69) is 9.71 Å². The Kier molecular flexibility index (Phi) is 6.01. The molecule has 0 aliphatic carbocycles. The summed E-state index contributed by atoms with van der Waals surface area (Å²) in [5, 5.41) is 2.58. The van der Waals surface area contributed by atoms with Crippen molar-refractivity contribution < 1.29 is 17.9 Å². The van der Waals surface area contributed by atoms with Crippen LogP contribution in [0.15, 0.2) is 46.8 Å². The molecule has 1 saturated heterocycles. The Morgan fingerprint density at radius 2 is 1.94 bits per heavy atom. The Labute approximate surface area is 185 Å². The standard InChI is InChI=1S/C21H24N4O4S2/c1-15-14-30-21(22-15)19-11-18(12-25(19)13-20(26)24-9-3-4-10-24)31(27,28)23-16-5-7-17(29-2)8-6-16/h5-8,11-12,14,23H,3-4,9-10,13H2,1-2H3. The van der Waals surface area contributed by atoms with Gasteiger partial charge in [0.15, 0.2) is 0 Å². The molecular weight excluding hydrogens is 436 g/mol. The predicted molar refractivity (Wildman–Crippen MR) is 120 cm³/mol. The van der Waals surface area contributed by atoms with Crippen molar-refractivity contribution in [2.45, 2.75) is 31.2 Å². The lowest BCUT2D eigenvalue weighted by molar-refractivity contribution is -0.130. The summed E-state index contributed by atoms with van der Waals surface area (Å²) < 4.78 is 35.4. The molecule has 10 heteroatoms. The van der Waals surface area contributed by atoms with Crippen LogP contribution in [-0.2, 0) is 21.4 Å². The second-order valence-electron chi connectivity index (χ2n) is 7.40. The van der Waals surface area contributed by atoms with Crippen molar-refractivity contribution >= 4 is 33.0 Å². The number of likely N-dealkylation sites (tertiary alicyclic amines) is 1. The first-order chi connectivity index (χ1) is 14.9. The largest absolute Gasteiger partial charge is 0.497 e. The molecule has 3 heterocycles. The number of sulfonamides is 1. The molecule has 8 nitrogen and oxygen atoms in total. The van der Waals surface area contributed by atoms with E-state index in [1.54, 1.807) is 42.0 Å². The number of anilines is 1. The molecule has 0 unspecified atom stereocenters. The van der Waals surface area contributed by atoms with Gasteiger partial charge < -0.3 is 14.2 Å². The number of carbonyl (C=O) groups excluding carboxylic acids is 1. The van der Waals surface area contributed by atoms with Gasteiger partial charge in [-0.3, -0.25) is 9.52 Å². The Morgan fingerprint density at radius 3 is 2.55 bits per heavy atom. The van der Waals surface area contributed by atoms with Crippen LogP contribution in [0.1, 0.15) is 18.5 Å². The fraction of sp³-hybridized carbons (Fsp3) is 0.333. The van der Waals surface area contributed by atoms with Gasteiger partial charge in [0.25, 0.3) is 10.0 Å². The number of thiazole rings is 1. The summed E-state index contributed by atoms with van der Waals surface area (Å²) in [5.74, 6) is 0.616. The average molecular weight is 461 g/mol. The van der Waals surface area contributed by atoms with E-state index >= 15 is 0 Å². The number of aryl methyl sites for hydroxylation is 1. The van der Waals surface area contributed by atoms with E-state index in [1.165, 1.54) is 17.5 Å². The monoisotopic (exact) mass is 460 g/mol. The Balaban J connectivity index is 1.65. The lowest BCUT2D eigenvalue weighted by Gasteiger charge is -2.16. The number of nitrogens with zero attached hydrogens (tertiary/aromatic N) is 3. The zero-order valence-electron chi connectivity index (χ0n) is 17.4. The summed E-state index contributed by atoms with van der Waals surface area (Å²) in [5.41, 5.74) is 1.88. The minimum absolute atomic E-state index is 0.0188. The van der Waals surface area contributed by atoms with Gasteiger partial charge in [-0.05, 0) is 50.1 Å². The molecule has 0 bridgehead atoms. The first-order valence-corrected chi connectivity index (χ1v) is 12.3. The smallest absolute Gasteiger partial charge is 0.263 e. The lowest BCUT2D eigenvalue weighted by Crippen LogP contribution is -2.31. The highest BCUT2D eigenvalue weighted by atomic mass is 32.2. The molecule has 1 fully saturated rings. The van der Waals surface area contributed by atoms with Gasteiger partial charge in [0.1, 0.15) is 22.2 Å². The van der Waals surface area contributed by atoms with Gasteiger partial charge in [-0.1, -0.05) is 0 Å². The summed E-state index contributed by atoms with van der Waals surface area (Å²) in [4.78, 5) is 19.1. The number of benzene rings is 1. The first-order valence-electron chi connectivity index (χ1n) is 9.93. The van der Waals surface area contributed by atoms with Gasteiger partial charge in [0.05, 0.1) is 12.8 Å². The van der Waals surface area contributed by atoms with E-state index in [-0.39, 0.29) is 17.3 Å². The molecule has 31 heavy (non-hydrogen) atoms. The molecule has 3 aromatic rings. The molecule has 1 aromatic carbocycles. The van der Waals surface area contributed by atoms with Gasteiger partial charge in [0.2, 0.25) is 5.91 Å². The van der Waals surface area contributed by atoms with Crippen molar-refractivity contribution in [2.75, 3.05) is 24.9 Å². The number of aromatic nitrogens is 2. The van der Waals surface area contributed by atoms with E-state index in [0.29, 0.717) is 22.1 Å². The van der Waals surface area contributed by atoms with E-state index in [1.807, 2.05) is 17.2 Å². The maximum Gasteiger partial charge on any atom is 0.263 e. The number of rotatable bonds is 7. The second-order valence-corrected chi connectivity index (χ2v) is 9.95. The maximum absolute atomic E-state index is 13.0. The fourth-order valence-electron chi connectivity index (χ4n) is 3.50. The molecule has 0 saturated carbocycles. The number of amides is 1. The van der Waals surface area contributed by atoms with Crippen molar-refractivity contribution in [2.24, 2.45) is 0 Å². The number of methoxy groups -OCH3 is 1. The second kappa shape index (κ2) is 8.72. The highest BCUT2D eigenvalue weighted by Crippen LogP contribution is 2.29. The van der Waals surface area contributed by atoms with Crippen LogP contribution in [0.4, 0.5) is 5.69 Å². The lowest BCUT2D eigenvalue weighted by atomic mass is 10.3. The molecule has 1 aliphatic heterocycles. The third kappa shape index (κ3) is 4.75. The number of carbonyl (C=O) groups is 1. The van der Waals surface area contributed by atoms with Gasteiger partial charge >= 0.3 is 0 Å². The summed E-state index contributed by atoms with van der Waals surface area (Å²) in [6.07, 6.45) is 3.51. The van der Waals surface area contributed by atoms with E-state index in [9.17, 15) is 13.2 Å². The average Bonchev–Trinajstić information content (AvgIpc) is 3.49. The highest BCUT2D eigenvalue weighted by Gasteiger charge is 2.24. The number of hydrogen-bond donors (Lipinski definition) is 1. The molecule has 0 atom stereocenters. The normalized spacial score (nSPS) is 14.1. The van der Waals surface area contributed by atoms with Crippen LogP contribution in [0.3, 0.4) is 0 Å². The van der Waals surface area contributed by atoms with E-state index in [4.69, 9.17) is 4.74 Å². The van der Waals surface area contributed by atoms with Crippen LogP contribution in [-0.4, -0.2) is 49.0 Å². The number of hydrogen-bond acceptors (Lipinski definition) is 6. The van der Waals surface area contributed by atoms with Gasteiger partial charge in [-0.25, -0.2) is 13.4 Å². The zero-order chi connectivity index (χ0) is 22.0. The molecule has 0 spiro atoms. The van der Waals surface area contributed by atoms with E-state index < -0.39 is 10.0 Å². The molecule has 164 valence electrons. The highest BCUT2D eigenvalue weighted by molar-refractivity contribution is 7.92. The third-order valence-electron chi connectivity index (χ3n) is 5.13. The first kappa shape index (κ1) is 21.4. The van der Waals surface area contributed by atoms with Crippen LogP contribution in [0.25, 0.3) is 10.7 Å². The van der Waals surface area contributed by atoms with Crippen molar-refractivity contribution in [1.29, 1.82) is 0 Å². The van der Waals surface area contributed by atoms with Gasteiger partial charge in [-0.2, -0.15) is 0 Å². The SMILES string of the molecule is COc1ccc(NS(=O)(=O)c2cc(-c3nc(C)cs3)n(CC(=O)N3CCCC3)c2)cc1. The number of nitrogens with one attached hydrogen (secondary N) is 1. The Hall–Kier alpha value is -2.85. The van der Waals surface area contributed by atoms with Crippen LogP contribution in [0, 0.1) is 6.92 Å². The van der Waals surface area contributed by atoms with Gasteiger partial charge in [0, 0.05) is 36.0 Å². The Morgan fingerprint density at radius 1 is 1.23 bits per heavy atom. The minimum Gasteiger partial charge on any atom is -0.497 e. The summed E-state index contributed by atoms with van der Waals surface area (Å²) >= 11 is 1.42. The quantitative estimate of drug-likeness (QED) is 0.584. The van der Waals surface area contributed by atoms with Crippen LogP contribution in [0.5, 0.6) is 5.75 Å². The van der Waals surface area contributed by atoms with Crippen LogP contribution < -0.4 is 9.46 Å². The summed E-state index contributed by atoms with van der Waals surface area (Å²) in [6, 6.07) is 8.20. The molecule has 1 aliphatic rings.